The second kappa shape index (κ2) is 9.59. The van der Waals surface area contributed by atoms with Crippen molar-refractivity contribution >= 4 is 44.8 Å². The van der Waals surface area contributed by atoms with Crippen LogP contribution in [0, 0.1) is 0 Å². The van der Waals surface area contributed by atoms with Crippen molar-refractivity contribution < 1.29 is 18.0 Å². The van der Waals surface area contributed by atoms with Crippen molar-refractivity contribution in [3.63, 3.8) is 0 Å². The van der Waals surface area contributed by atoms with Gasteiger partial charge < -0.3 is 10.6 Å². The fraction of sp³-hybridized carbons (Fsp3) is 0.333. The summed E-state index contributed by atoms with van der Waals surface area (Å²) in [6.45, 7) is 2.72. The maximum absolute atomic E-state index is 12.9. The average molecular weight is 450 g/mol. The van der Waals surface area contributed by atoms with E-state index in [4.69, 9.17) is 11.6 Å². The Balaban J connectivity index is 1.80. The monoisotopic (exact) mass is 449 g/mol. The van der Waals surface area contributed by atoms with E-state index >= 15 is 0 Å². The highest BCUT2D eigenvalue weighted by Crippen LogP contribution is 2.27. The summed E-state index contributed by atoms with van der Waals surface area (Å²) in [4.78, 5) is 24.4. The van der Waals surface area contributed by atoms with Crippen LogP contribution >= 0.6 is 11.6 Å². The Morgan fingerprint density at radius 2 is 1.77 bits per heavy atom. The van der Waals surface area contributed by atoms with Gasteiger partial charge in [-0.25, -0.2) is 8.42 Å². The first kappa shape index (κ1) is 22.3. The number of amides is 2. The third-order valence-electron chi connectivity index (χ3n) is 4.87. The maximum Gasteiger partial charge on any atom is 0.255 e. The largest absolute Gasteiger partial charge is 0.326 e. The smallest absolute Gasteiger partial charge is 0.255 e. The zero-order valence-electron chi connectivity index (χ0n) is 16.7. The summed E-state index contributed by atoms with van der Waals surface area (Å²) >= 11 is 6.17. The Morgan fingerprint density at radius 1 is 1.03 bits per heavy atom. The Morgan fingerprint density at radius 3 is 2.47 bits per heavy atom. The summed E-state index contributed by atoms with van der Waals surface area (Å²) in [6, 6.07) is 10.7. The van der Waals surface area contributed by atoms with Crippen LogP contribution in [0.2, 0.25) is 5.02 Å². The highest BCUT2D eigenvalue weighted by atomic mass is 35.5. The van der Waals surface area contributed by atoms with E-state index in [2.05, 4.69) is 10.6 Å². The molecule has 2 N–H and O–H groups in total. The summed E-state index contributed by atoms with van der Waals surface area (Å²) in [7, 11) is -3.64. The number of hydrogen-bond acceptors (Lipinski definition) is 4. The summed E-state index contributed by atoms with van der Waals surface area (Å²) < 4.78 is 27.2. The molecule has 1 fully saturated rings. The van der Waals surface area contributed by atoms with Gasteiger partial charge in [0.2, 0.25) is 15.9 Å². The van der Waals surface area contributed by atoms with E-state index in [1.807, 2.05) is 0 Å². The number of nitrogens with one attached hydrogen (secondary N) is 2. The zero-order chi connectivity index (χ0) is 21.7. The van der Waals surface area contributed by atoms with E-state index < -0.39 is 15.9 Å². The van der Waals surface area contributed by atoms with Crippen LogP contribution in [0.4, 0.5) is 11.4 Å². The summed E-state index contributed by atoms with van der Waals surface area (Å²) in [6.07, 6.45) is 3.02. The van der Waals surface area contributed by atoms with Crippen molar-refractivity contribution in [2.45, 2.75) is 37.5 Å². The van der Waals surface area contributed by atoms with Crippen molar-refractivity contribution in [3.8, 4) is 0 Å². The molecular formula is C21H24ClN3O4S. The van der Waals surface area contributed by atoms with Gasteiger partial charge >= 0.3 is 0 Å². The Bertz CT molecular complexity index is 1050. The second-order valence-corrected chi connectivity index (χ2v) is 9.39. The molecule has 7 nitrogen and oxygen atoms in total. The second-order valence-electron chi connectivity index (χ2n) is 7.04. The molecule has 1 heterocycles. The third kappa shape index (κ3) is 5.19. The first-order valence-electron chi connectivity index (χ1n) is 9.82. The van der Waals surface area contributed by atoms with Gasteiger partial charge in [-0.15, -0.1) is 0 Å². The van der Waals surface area contributed by atoms with Gasteiger partial charge in [-0.05, 0) is 49.2 Å². The molecule has 1 aliphatic heterocycles. The fourth-order valence-corrected chi connectivity index (χ4v) is 4.92. The number of halogens is 1. The number of carbonyl (C=O) groups is 2. The number of piperidine rings is 1. The van der Waals surface area contributed by atoms with Gasteiger partial charge in [0.15, 0.2) is 0 Å². The summed E-state index contributed by atoms with van der Waals surface area (Å²) in [5.74, 6) is -0.656. The van der Waals surface area contributed by atoms with Gasteiger partial charge in [-0.3, -0.25) is 9.59 Å². The van der Waals surface area contributed by atoms with Crippen LogP contribution in [0.1, 0.15) is 43.0 Å². The lowest BCUT2D eigenvalue weighted by molar-refractivity contribution is -0.115. The molecule has 3 rings (SSSR count). The van der Waals surface area contributed by atoms with Gasteiger partial charge in [0.1, 0.15) is 0 Å². The van der Waals surface area contributed by atoms with Crippen LogP contribution in [0.25, 0.3) is 0 Å². The third-order valence-corrected chi connectivity index (χ3v) is 7.09. The van der Waals surface area contributed by atoms with Gasteiger partial charge in [0.05, 0.1) is 15.6 Å². The lowest BCUT2D eigenvalue weighted by Gasteiger charge is -2.26. The number of sulfonamides is 1. The fourth-order valence-electron chi connectivity index (χ4n) is 3.19. The summed E-state index contributed by atoms with van der Waals surface area (Å²) in [5.41, 5.74) is 1.02. The number of nitrogens with zero attached hydrogens (tertiary/aromatic N) is 1. The van der Waals surface area contributed by atoms with Crippen molar-refractivity contribution in [2.75, 3.05) is 23.7 Å². The lowest BCUT2D eigenvalue weighted by Crippen LogP contribution is -2.35. The van der Waals surface area contributed by atoms with E-state index in [0.717, 1.165) is 19.3 Å². The van der Waals surface area contributed by atoms with E-state index in [0.29, 0.717) is 35.9 Å². The molecular weight excluding hydrogens is 426 g/mol. The standard InChI is InChI=1S/C21H24ClN3O4S/c1-2-20(26)23-16-9-10-18(22)19(14-16)24-21(27)15-7-6-8-17(13-15)30(28,29)25-11-4-3-5-12-25/h6-10,13-14H,2-5,11-12H2,1H3,(H,23,26)(H,24,27). The minimum absolute atomic E-state index is 0.0899. The summed E-state index contributed by atoms with van der Waals surface area (Å²) in [5, 5.41) is 5.69. The molecule has 2 amide bonds. The number of carbonyl (C=O) groups excluding carboxylic acids is 2. The molecule has 0 unspecified atom stereocenters. The predicted octanol–water partition coefficient (Wildman–Crippen LogP) is 4.12. The van der Waals surface area contributed by atoms with E-state index in [1.165, 1.54) is 16.4 Å². The predicted molar refractivity (Wildman–Crippen MR) is 117 cm³/mol. The molecule has 1 saturated heterocycles. The molecule has 0 atom stereocenters. The number of hydrogen-bond donors (Lipinski definition) is 2. The first-order chi connectivity index (χ1) is 14.3. The molecule has 1 aliphatic rings. The zero-order valence-corrected chi connectivity index (χ0v) is 18.2. The minimum atomic E-state index is -3.64. The molecule has 9 heteroatoms. The Kier molecular flexibility index (Phi) is 7.12. The van der Waals surface area contributed by atoms with E-state index in [-0.39, 0.29) is 16.4 Å². The number of rotatable bonds is 6. The molecule has 2 aromatic carbocycles. The molecule has 0 aromatic heterocycles. The lowest BCUT2D eigenvalue weighted by atomic mass is 10.2. The highest BCUT2D eigenvalue weighted by Gasteiger charge is 2.26. The van der Waals surface area contributed by atoms with E-state index in [9.17, 15) is 18.0 Å². The average Bonchev–Trinajstić information content (AvgIpc) is 2.76. The molecule has 0 saturated carbocycles. The molecule has 0 bridgehead atoms. The van der Waals surface area contributed by atoms with Gasteiger partial charge in [0.25, 0.3) is 5.91 Å². The molecule has 30 heavy (non-hydrogen) atoms. The number of benzene rings is 2. The van der Waals surface area contributed by atoms with Crippen LogP contribution in [0.15, 0.2) is 47.4 Å². The Hall–Kier alpha value is -2.42. The van der Waals surface area contributed by atoms with Crippen molar-refractivity contribution in [1.29, 1.82) is 0 Å². The normalized spacial score (nSPS) is 14.9. The van der Waals surface area contributed by atoms with Gasteiger partial charge in [-0.1, -0.05) is 31.0 Å². The van der Waals surface area contributed by atoms with Crippen molar-refractivity contribution in [1.82, 2.24) is 4.31 Å². The van der Waals surface area contributed by atoms with Crippen molar-refractivity contribution in [2.24, 2.45) is 0 Å². The molecule has 0 aliphatic carbocycles. The first-order valence-corrected chi connectivity index (χ1v) is 11.6. The molecule has 0 radical (unpaired) electrons. The number of anilines is 2. The van der Waals surface area contributed by atoms with Crippen LogP contribution in [-0.4, -0.2) is 37.6 Å². The van der Waals surface area contributed by atoms with Crippen LogP contribution < -0.4 is 10.6 Å². The Labute approximate surface area is 181 Å². The minimum Gasteiger partial charge on any atom is -0.326 e. The molecule has 0 spiro atoms. The van der Waals surface area contributed by atoms with Gasteiger partial charge in [-0.2, -0.15) is 4.31 Å². The SMILES string of the molecule is CCC(=O)Nc1ccc(Cl)c(NC(=O)c2cccc(S(=O)(=O)N3CCCCC3)c2)c1. The van der Waals surface area contributed by atoms with Crippen molar-refractivity contribution in [3.05, 3.63) is 53.1 Å². The topological polar surface area (TPSA) is 95.6 Å². The molecule has 2 aromatic rings. The van der Waals surface area contributed by atoms with Crippen LogP contribution in [0.5, 0.6) is 0 Å². The van der Waals surface area contributed by atoms with Crippen LogP contribution in [0.3, 0.4) is 0 Å². The van der Waals surface area contributed by atoms with Crippen LogP contribution in [-0.2, 0) is 14.8 Å². The van der Waals surface area contributed by atoms with E-state index in [1.54, 1.807) is 37.3 Å². The van der Waals surface area contributed by atoms with Gasteiger partial charge in [0, 0.05) is 30.8 Å². The maximum atomic E-state index is 12.9. The molecule has 160 valence electrons. The highest BCUT2D eigenvalue weighted by molar-refractivity contribution is 7.89. The quantitative estimate of drug-likeness (QED) is 0.693.